The van der Waals surface area contributed by atoms with Crippen LogP contribution in [0.5, 0.6) is 5.75 Å². The second-order valence-corrected chi connectivity index (χ2v) is 6.67. The first kappa shape index (κ1) is 15.0. The number of hydrogen-bond donors (Lipinski definition) is 1. The lowest BCUT2D eigenvalue weighted by Crippen LogP contribution is -2.39. The Morgan fingerprint density at radius 3 is 2.64 bits per heavy atom. The lowest BCUT2D eigenvalue weighted by atomic mass is 9.89. The summed E-state index contributed by atoms with van der Waals surface area (Å²) in [5, 5.41) is 3.55. The standard InChI is InChI=1S/C19H22FNO/c1-13-4-6-14(7-5-13)12-21-17-11-19(2,3)22-18-9-8-15(20)10-16(17)18/h4-10,17,21H,11-12H2,1-3H3. The van der Waals surface area contributed by atoms with Crippen LogP contribution in [0.25, 0.3) is 0 Å². The van der Waals surface area contributed by atoms with E-state index in [1.165, 1.54) is 17.2 Å². The number of nitrogens with one attached hydrogen (secondary N) is 1. The summed E-state index contributed by atoms with van der Waals surface area (Å²) in [5.74, 6) is 0.559. The maximum Gasteiger partial charge on any atom is 0.125 e. The molecule has 2 nitrogen and oxygen atoms in total. The van der Waals surface area contributed by atoms with Crippen LogP contribution in [0.1, 0.15) is 43.0 Å². The molecule has 116 valence electrons. The van der Waals surface area contributed by atoms with Gasteiger partial charge in [-0.3, -0.25) is 0 Å². The molecule has 1 aliphatic heterocycles. The van der Waals surface area contributed by atoms with Crippen LogP contribution in [0.3, 0.4) is 0 Å². The number of fused-ring (bicyclic) bond motifs is 1. The molecule has 0 fully saturated rings. The molecule has 3 rings (SSSR count). The van der Waals surface area contributed by atoms with E-state index in [0.29, 0.717) is 0 Å². The summed E-state index contributed by atoms with van der Waals surface area (Å²) >= 11 is 0. The van der Waals surface area contributed by atoms with Gasteiger partial charge in [-0.15, -0.1) is 0 Å². The van der Waals surface area contributed by atoms with Gasteiger partial charge < -0.3 is 10.1 Å². The van der Waals surface area contributed by atoms with Gasteiger partial charge >= 0.3 is 0 Å². The van der Waals surface area contributed by atoms with Crippen LogP contribution in [-0.2, 0) is 6.54 Å². The molecule has 0 aliphatic carbocycles. The van der Waals surface area contributed by atoms with Gasteiger partial charge in [0.25, 0.3) is 0 Å². The maximum absolute atomic E-state index is 13.6. The van der Waals surface area contributed by atoms with Crippen LogP contribution in [0.15, 0.2) is 42.5 Å². The van der Waals surface area contributed by atoms with Crippen molar-refractivity contribution in [1.29, 1.82) is 0 Å². The van der Waals surface area contributed by atoms with E-state index in [4.69, 9.17) is 4.74 Å². The number of benzene rings is 2. The first-order chi connectivity index (χ1) is 10.4. The first-order valence-electron chi connectivity index (χ1n) is 7.70. The molecule has 2 aromatic carbocycles. The second-order valence-electron chi connectivity index (χ2n) is 6.67. The summed E-state index contributed by atoms with van der Waals surface area (Å²) in [6.07, 6.45) is 0.815. The zero-order valence-corrected chi connectivity index (χ0v) is 13.3. The Hall–Kier alpha value is -1.87. The van der Waals surface area contributed by atoms with Crippen LogP contribution in [-0.4, -0.2) is 5.60 Å². The van der Waals surface area contributed by atoms with Crippen molar-refractivity contribution >= 4 is 0 Å². The molecule has 1 heterocycles. The van der Waals surface area contributed by atoms with Crippen molar-refractivity contribution in [3.8, 4) is 5.75 Å². The summed E-state index contributed by atoms with van der Waals surface area (Å²) in [6.45, 7) is 6.98. The molecule has 1 aliphatic rings. The Labute approximate surface area is 131 Å². The Morgan fingerprint density at radius 2 is 1.91 bits per heavy atom. The smallest absolute Gasteiger partial charge is 0.125 e. The second kappa shape index (κ2) is 5.73. The lowest BCUT2D eigenvalue weighted by Gasteiger charge is -2.38. The van der Waals surface area contributed by atoms with Gasteiger partial charge in [-0.05, 0) is 44.5 Å². The predicted molar refractivity (Wildman–Crippen MR) is 86.5 cm³/mol. The van der Waals surface area contributed by atoms with Crippen molar-refractivity contribution in [2.24, 2.45) is 0 Å². The van der Waals surface area contributed by atoms with Gasteiger partial charge in [0.2, 0.25) is 0 Å². The topological polar surface area (TPSA) is 21.3 Å². The molecule has 1 atom stereocenters. The van der Waals surface area contributed by atoms with Crippen LogP contribution in [0.4, 0.5) is 4.39 Å². The molecule has 22 heavy (non-hydrogen) atoms. The molecule has 0 saturated heterocycles. The molecule has 2 aromatic rings. The van der Waals surface area contributed by atoms with Gasteiger partial charge in [-0.1, -0.05) is 29.8 Å². The largest absolute Gasteiger partial charge is 0.487 e. The van der Waals surface area contributed by atoms with E-state index in [-0.39, 0.29) is 17.5 Å². The zero-order chi connectivity index (χ0) is 15.7. The van der Waals surface area contributed by atoms with Crippen molar-refractivity contribution < 1.29 is 9.13 Å². The van der Waals surface area contributed by atoms with Crippen molar-refractivity contribution in [3.05, 3.63) is 65.0 Å². The third kappa shape index (κ3) is 3.30. The molecule has 0 saturated carbocycles. The first-order valence-corrected chi connectivity index (χ1v) is 7.70. The Balaban J connectivity index is 1.80. The van der Waals surface area contributed by atoms with E-state index in [0.717, 1.165) is 24.3 Å². The highest BCUT2D eigenvalue weighted by atomic mass is 19.1. The maximum atomic E-state index is 13.6. The molecule has 0 aromatic heterocycles. The highest BCUT2D eigenvalue weighted by Gasteiger charge is 2.33. The van der Waals surface area contributed by atoms with Crippen LogP contribution >= 0.6 is 0 Å². The van der Waals surface area contributed by atoms with Gasteiger partial charge in [0, 0.05) is 24.6 Å². The molecular formula is C19H22FNO. The number of rotatable bonds is 3. The number of hydrogen-bond acceptors (Lipinski definition) is 2. The Bertz CT molecular complexity index is 664. The third-order valence-corrected chi connectivity index (χ3v) is 4.10. The lowest BCUT2D eigenvalue weighted by molar-refractivity contribution is 0.0654. The fourth-order valence-electron chi connectivity index (χ4n) is 2.95. The van der Waals surface area contributed by atoms with E-state index in [2.05, 4.69) is 50.4 Å². The monoisotopic (exact) mass is 299 g/mol. The van der Waals surface area contributed by atoms with E-state index >= 15 is 0 Å². The minimum atomic E-state index is -0.254. The van der Waals surface area contributed by atoms with Crippen molar-refractivity contribution in [1.82, 2.24) is 5.32 Å². The van der Waals surface area contributed by atoms with Crippen molar-refractivity contribution in [2.45, 2.75) is 45.4 Å². The number of aryl methyl sites for hydroxylation is 1. The van der Waals surface area contributed by atoms with E-state index in [9.17, 15) is 4.39 Å². The van der Waals surface area contributed by atoms with Gasteiger partial charge in [0.15, 0.2) is 0 Å². The molecule has 0 bridgehead atoms. The average Bonchev–Trinajstić information content (AvgIpc) is 2.46. The fourth-order valence-corrected chi connectivity index (χ4v) is 2.95. The highest BCUT2D eigenvalue weighted by Crippen LogP contribution is 2.39. The molecule has 3 heteroatoms. The van der Waals surface area contributed by atoms with Crippen LogP contribution < -0.4 is 10.1 Å². The minimum absolute atomic E-state index is 0.0933. The summed E-state index contributed by atoms with van der Waals surface area (Å²) in [4.78, 5) is 0. The summed E-state index contributed by atoms with van der Waals surface area (Å²) in [6, 6.07) is 13.3. The molecule has 1 N–H and O–H groups in total. The SMILES string of the molecule is Cc1ccc(CNC2CC(C)(C)Oc3ccc(F)cc32)cc1. The van der Waals surface area contributed by atoms with E-state index in [1.807, 2.05) is 0 Å². The van der Waals surface area contributed by atoms with Gasteiger partial charge in [0.1, 0.15) is 17.2 Å². The molecule has 0 spiro atoms. The normalized spacial score (nSPS) is 19.4. The van der Waals surface area contributed by atoms with Crippen molar-refractivity contribution in [2.75, 3.05) is 0 Å². The quantitative estimate of drug-likeness (QED) is 0.899. The highest BCUT2D eigenvalue weighted by molar-refractivity contribution is 5.39. The predicted octanol–water partition coefficient (Wildman–Crippen LogP) is 4.53. The molecule has 0 amide bonds. The summed E-state index contributed by atoms with van der Waals surface area (Å²) in [7, 11) is 0. The van der Waals surface area contributed by atoms with Gasteiger partial charge in [-0.25, -0.2) is 4.39 Å². The number of halogens is 1. The fraction of sp³-hybridized carbons (Fsp3) is 0.368. The van der Waals surface area contributed by atoms with E-state index < -0.39 is 0 Å². The third-order valence-electron chi connectivity index (χ3n) is 4.10. The van der Waals surface area contributed by atoms with Crippen LogP contribution in [0, 0.1) is 12.7 Å². The minimum Gasteiger partial charge on any atom is -0.487 e. The van der Waals surface area contributed by atoms with Gasteiger partial charge in [0.05, 0.1) is 0 Å². The average molecular weight is 299 g/mol. The van der Waals surface area contributed by atoms with Crippen molar-refractivity contribution in [3.63, 3.8) is 0 Å². The zero-order valence-electron chi connectivity index (χ0n) is 13.3. The summed E-state index contributed by atoms with van der Waals surface area (Å²) < 4.78 is 19.6. The Morgan fingerprint density at radius 1 is 1.18 bits per heavy atom. The molecule has 1 unspecified atom stereocenters. The van der Waals surface area contributed by atoms with Gasteiger partial charge in [-0.2, -0.15) is 0 Å². The Kier molecular flexibility index (Phi) is 3.92. The number of ether oxygens (including phenoxy) is 1. The molecule has 0 radical (unpaired) electrons. The summed E-state index contributed by atoms with van der Waals surface area (Å²) in [5.41, 5.74) is 3.14. The van der Waals surface area contributed by atoms with E-state index in [1.54, 1.807) is 12.1 Å². The van der Waals surface area contributed by atoms with Crippen LogP contribution in [0.2, 0.25) is 0 Å². The molecular weight excluding hydrogens is 277 g/mol.